The lowest BCUT2D eigenvalue weighted by atomic mass is 9.85. The molecule has 0 aliphatic heterocycles. The summed E-state index contributed by atoms with van der Waals surface area (Å²) in [5.74, 6) is -1.99. The van der Waals surface area contributed by atoms with Crippen LogP contribution in [0.15, 0.2) is 47.5 Å². The second-order valence-corrected chi connectivity index (χ2v) is 11.0. The summed E-state index contributed by atoms with van der Waals surface area (Å²) in [5, 5.41) is 11.8. The Kier molecular flexibility index (Phi) is 8.79. The quantitative estimate of drug-likeness (QED) is 0.496. The van der Waals surface area contributed by atoms with E-state index in [9.17, 15) is 26.4 Å². The number of aliphatic hydroxyl groups is 1. The van der Waals surface area contributed by atoms with Crippen LogP contribution in [0, 0.1) is 5.92 Å². The number of aliphatic hydroxyl groups excluding tert-OH is 1. The van der Waals surface area contributed by atoms with E-state index >= 15 is 0 Å². The van der Waals surface area contributed by atoms with Crippen LogP contribution in [0.1, 0.15) is 48.5 Å². The Hall–Kier alpha value is -2.21. The zero-order valence-electron chi connectivity index (χ0n) is 19.0. The van der Waals surface area contributed by atoms with Gasteiger partial charge >= 0.3 is 6.18 Å². The third-order valence-corrected chi connectivity index (χ3v) is 8.13. The number of hydrogen-bond acceptors (Lipinski definition) is 5. The average Bonchev–Trinajstić information content (AvgIpc) is 2.82. The Balaban J connectivity index is 1.90. The van der Waals surface area contributed by atoms with Crippen LogP contribution < -0.4 is 5.32 Å². The first-order valence-electron chi connectivity index (χ1n) is 11.1. The number of nitrogens with zero attached hydrogens (tertiary/aromatic N) is 2. The molecule has 1 aliphatic carbocycles. The maximum Gasteiger partial charge on any atom is 0.391 e. The van der Waals surface area contributed by atoms with Crippen LogP contribution in [0.2, 0.25) is 5.15 Å². The zero-order chi connectivity index (χ0) is 25.8. The minimum atomic E-state index is -4.41. The number of nitrogens with one attached hydrogen (secondary N) is 1. The van der Waals surface area contributed by atoms with Crippen LogP contribution in [0.5, 0.6) is 0 Å². The highest BCUT2D eigenvalue weighted by Crippen LogP contribution is 2.40. The molecule has 2 N–H and O–H groups in total. The molecule has 3 rings (SSSR count). The van der Waals surface area contributed by atoms with E-state index in [0.29, 0.717) is 17.5 Å². The molecule has 2 aromatic rings. The number of carbonyl (C=O) groups excluding carboxylic acids is 1. The van der Waals surface area contributed by atoms with Crippen molar-refractivity contribution >= 4 is 27.5 Å². The van der Waals surface area contributed by atoms with E-state index in [2.05, 4.69) is 10.3 Å². The lowest BCUT2D eigenvalue weighted by Crippen LogP contribution is -2.44. The molecule has 1 saturated carbocycles. The first-order chi connectivity index (χ1) is 16.4. The minimum Gasteiger partial charge on any atom is -0.394 e. The molecule has 0 saturated heterocycles. The summed E-state index contributed by atoms with van der Waals surface area (Å²) >= 11 is 5.78. The van der Waals surface area contributed by atoms with Crippen molar-refractivity contribution < 1.29 is 31.5 Å². The van der Waals surface area contributed by atoms with Crippen molar-refractivity contribution in [1.82, 2.24) is 14.6 Å². The van der Waals surface area contributed by atoms with Gasteiger partial charge in [0.05, 0.1) is 12.5 Å². The van der Waals surface area contributed by atoms with E-state index in [1.807, 2.05) is 0 Å². The van der Waals surface area contributed by atoms with Gasteiger partial charge in [0.1, 0.15) is 10.0 Å². The van der Waals surface area contributed by atoms with Crippen LogP contribution in [0.4, 0.5) is 13.2 Å². The van der Waals surface area contributed by atoms with Gasteiger partial charge < -0.3 is 10.4 Å². The number of benzene rings is 1. The number of amides is 1. The molecule has 1 heterocycles. The van der Waals surface area contributed by atoms with Crippen molar-refractivity contribution in [3.63, 3.8) is 0 Å². The molecule has 0 spiro atoms. The van der Waals surface area contributed by atoms with Crippen LogP contribution in [0.25, 0.3) is 0 Å². The summed E-state index contributed by atoms with van der Waals surface area (Å²) in [6.07, 6.45) is -3.13. The molecular formula is C23H27ClF3N3O4S. The number of sulfonamides is 1. The molecule has 2 unspecified atom stereocenters. The standard InChI is InChI=1S/C23H27ClF3N3O4S/c1-15(14-31)29-22(32)17-7-5-16(6-8-17)13-30(19-4-2-3-18(11-19)23(25,26)27)35(33,34)20-9-10-21(24)28-12-20/h5-10,12,15,18-19,31H,2-4,11,13-14H2,1H3,(H,29,32)/t15-,18?,19?/m1/s1. The second kappa shape index (κ2) is 11.2. The number of alkyl halides is 3. The Morgan fingerprint density at radius 2 is 1.91 bits per heavy atom. The topological polar surface area (TPSA) is 99.6 Å². The van der Waals surface area contributed by atoms with Gasteiger partial charge in [0.25, 0.3) is 5.91 Å². The van der Waals surface area contributed by atoms with E-state index in [1.165, 1.54) is 24.3 Å². The molecule has 0 bridgehead atoms. The number of halogens is 4. The first kappa shape index (κ1) is 27.4. The van der Waals surface area contributed by atoms with Gasteiger partial charge in [0.15, 0.2) is 0 Å². The molecule has 3 atom stereocenters. The summed E-state index contributed by atoms with van der Waals surface area (Å²) in [6.45, 7) is 1.24. The SMILES string of the molecule is C[C@H](CO)NC(=O)c1ccc(CN(C2CCCC(C(F)(F)F)C2)S(=O)(=O)c2ccc(Cl)nc2)cc1. The van der Waals surface area contributed by atoms with Crippen molar-refractivity contribution in [2.24, 2.45) is 5.92 Å². The van der Waals surface area contributed by atoms with Crippen molar-refractivity contribution in [3.05, 3.63) is 58.9 Å². The van der Waals surface area contributed by atoms with Gasteiger partial charge in [-0.25, -0.2) is 13.4 Å². The predicted octanol–water partition coefficient (Wildman–Crippen LogP) is 4.16. The number of rotatable bonds is 8. The molecule has 192 valence electrons. The summed E-state index contributed by atoms with van der Waals surface area (Å²) < 4.78 is 68.5. The third kappa shape index (κ3) is 6.93. The number of hydrogen-bond donors (Lipinski definition) is 2. The molecular weight excluding hydrogens is 507 g/mol. The van der Waals surface area contributed by atoms with E-state index in [-0.39, 0.29) is 42.5 Å². The van der Waals surface area contributed by atoms with E-state index in [1.54, 1.807) is 19.1 Å². The average molecular weight is 534 g/mol. The summed E-state index contributed by atoms with van der Waals surface area (Å²) in [4.78, 5) is 15.9. The van der Waals surface area contributed by atoms with Gasteiger partial charge in [-0.15, -0.1) is 0 Å². The van der Waals surface area contributed by atoms with Crippen LogP contribution in [-0.2, 0) is 16.6 Å². The van der Waals surface area contributed by atoms with Gasteiger partial charge in [0, 0.05) is 30.4 Å². The predicted molar refractivity (Wildman–Crippen MR) is 124 cm³/mol. The highest BCUT2D eigenvalue weighted by molar-refractivity contribution is 7.89. The second-order valence-electron chi connectivity index (χ2n) is 8.68. The van der Waals surface area contributed by atoms with Crippen molar-refractivity contribution in [1.29, 1.82) is 0 Å². The molecule has 35 heavy (non-hydrogen) atoms. The maximum atomic E-state index is 13.5. The fraction of sp³-hybridized carbons (Fsp3) is 0.478. The molecule has 1 aromatic heterocycles. The van der Waals surface area contributed by atoms with Crippen LogP contribution >= 0.6 is 11.6 Å². The summed E-state index contributed by atoms with van der Waals surface area (Å²) in [5.41, 5.74) is 0.816. The van der Waals surface area contributed by atoms with Crippen molar-refractivity contribution in [2.45, 2.75) is 62.3 Å². The Bertz CT molecular complexity index is 1110. The molecule has 1 aliphatic rings. The molecule has 1 aromatic carbocycles. The zero-order valence-corrected chi connectivity index (χ0v) is 20.6. The minimum absolute atomic E-state index is 0.0353. The van der Waals surface area contributed by atoms with Crippen LogP contribution in [0.3, 0.4) is 0 Å². The third-order valence-electron chi connectivity index (χ3n) is 6.03. The van der Waals surface area contributed by atoms with E-state index in [0.717, 1.165) is 10.5 Å². The van der Waals surface area contributed by atoms with Gasteiger partial charge in [-0.05, 0) is 56.0 Å². The Morgan fingerprint density at radius 3 is 2.49 bits per heavy atom. The highest BCUT2D eigenvalue weighted by atomic mass is 35.5. The lowest BCUT2D eigenvalue weighted by molar-refractivity contribution is -0.185. The van der Waals surface area contributed by atoms with Gasteiger partial charge in [0.2, 0.25) is 10.0 Å². The Labute approximate surface area is 207 Å². The molecule has 0 radical (unpaired) electrons. The van der Waals surface area contributed by atoms with Gasteiger partial charge in [-0.1, -0.05) is 30.2 Å². The van der Waals surface area contributed by atoms with E-state index in [4.69, 9.17) is 16.7 Å². The fourth-order valence-electron chi connectivity index (χ4n) is 4.08. The van der Waals surface area contributed by atoms with E-state index < -0.39 is 40.1 Å². The normalized spacial score (nSPS) is 20.0. The lowest BCUT2D eigenvalue weighted by Gasteiger charge is -2.37. The molecule has 1 amide bonds. The number of pyridine rings is 1. The van der Waals surface area contributed by atoms with Crippen molar-refractivity contribution in [3.8, 4) is 0 Å². The van der Waals surface area contributed by atoms with Gasteiger partial charge in [-0.2, -0.15) is 17.5 Å². The number of aromatic nitrogens is 1. The largest absolute Gasteiger partial charge is 0.394 e. The smallest absolute Gasteiger partial charge is 0.391 e. The summed E-state index contributed by atoms with van der Waals surface area (Å²) in [6, 6.07) is 7.42. The maximum absolute atomic E-state index is 13.5. The fourth-order valence-corrected chi connectivity index (χ4v) is 5.79. The number of carbonyl (C=O) groups is 1. The summed E-state index contributed by atoms with van der Waals surface area (Å²) in [7, 11) is -4.19. The molecule has 12 heteroatoms. The Morgan fingerprint density at radius 1 is 1.23 bits per heavy atom. The molecule has 7 nitrogen and oxygen atoms in total. The first-order valence-corrected chi connectivity index (χ1v) is 12.9. The van der Waals surface area contributed by atoms with Crippen molar-refractivity contribution in [2.75, 3.05) is 6.61 Å². The highest BCUT2D eigenvalue weighted by Gasteiger charge is 2.45. The molecule has 1 fully saturated rings. The van der Waals surface area contributed by atoms with Crippen LogP contribution in [-0.4, -0.2) is 53.6 Å². The van der Waals surface area contributed by atoms with Gasteiger partial charge in [-0.3, -0.25) is 4.79 Å². The monoisotopic (exact) mass is 533 g/mol.